The van der Waals surface area contributed by atoms with E-state index in [-0.39, 0.29) is 0 Å². The summed E-state index contributed by atoms with van der Waals surface area (Å²) >= 11 is 4.17. The highest BCUT2D eigenvalue weighted by Gasteiger charge is 2.21. The molecular weight excluding hydrogens is 274 g/mol. The van der Waals surface area contributed by atoms with Crippen LogP contribution < -0.4 is 10.1 Å². The van der Waals surface area contributed by atoms with Crippen molar-refractivity contribution in [2.45, 2.75) is 12.5 Å². The summed E-state index contributed by atoms with van der Waals surface area (Å²) in [5.41, 5.74) is 1.37. The lowest BCUT2D eigenvalue weighted by Crippen LogP contribution is -2.39. The largest absolute Gasteiger partial charge is 0.493 e. The fourth-order valence-electron chi connectivity index (χ4n) is 2.59. The highest BCUT2D eigenvalue weighted by atomic mass is 32.2. The average molecular weight is 295 g/mol. The molecule has 1 aromatic carbocycles. The second-order valence-electron chi connectivity index (χ2n) is 5.24. The second kappa shape index (κ2) is 6.91. The van der Waals surface area contributed by atoms with E-state index in [1.54, 1.807) is 0 Å². The maximum atomic E-state index is 5.85. The molecule has 1 atom stereocenters. The highest BCUT2D eigenvalue weighted by Crippen LogP contribution is 2.26. The number of hydrogen-bond donors (Lipinski definition) is 1. The van der Waals surface area contributed by atoms with Gasteiger partial charge in [-0.2, -0.15) is 23.5 Å². The van der Waals surface area contributed by atoms with E-state index in [2.05, 4.69) is 53.1 Å². The molecule has 2 aliphatic heterocycles. The first-order valence-corrected chi connectivity index (χ1v) is 9.32. The van der Waals surface area contributed by atoms with Crippen molar-refractivity contribution in [3.8, 4) is 5.75 Å². The summed E-state index contributed by atoms with van der Waals surface area (Å²) in [5.74, 6) is 6.84. The lowest BCUT2D eigenvalue weighted by atomic mass is 9.96. The predicted octanol–water partition coefficient (Wildman–Crippen LogP) is 2.68. The quantitative estimate of drug-likeness (QED) is 0.925. The van der Waals surface area contributed by atoms with Gasteiger partial charge in [-0.1, -0.05) is 18.2 Å². The van der Waals surface area contributed by atoms with Gasteiger partial charge in [0, 0.05) is 41.5 Å². The molecule has 4 heteroatoms. The molecule has 2 nitrogen and oxygen atoms in total. The van der Waals surface area contributed by atoms with E-state index in [4.69, 9.17) is 4.74 Å². The third kappa shape index (κ3) is 3.83. The van der Waals surface area contributed by atoms with E-state index in [9.17, 15) is 0 Å². The van der Waals surface area contributed by atoms with Crippen molar-refractivity contribution in [3.63, 3.8) is 0 Å². The van der Waals surface area contributed by atoms with Gasteiger partial charge < -0.3 is 10.1 Å². The summed E-state index contributed by atoms with van der Waals surface area (Å²) in [7, 11) is 0. The molecule has 2 aliphatic rings. The number of thioether (sulfide) groups is 2. The molecule has 0 aromatic heterocycles. The molecule has 1 saturated heterocycles. The maximum absolute atomic E-state index is 5.85. The number of nitrogens with one attached hydrogen (secondary N) is 1. The predicted molar refractivity (Wildman–Crippen MR) is 85.6 cm³/mol. The van der Waals surface area contributed by atoms with E-state index in [0.717, 1.165) is 25.3 Å². The maximum Gasteiger partial charge on any atom is 0.122 e. The normalized spacial score (nSPS) is 24.3. The molecule has 2 heterocycles. The van der Waals surface area contributed by atoms with Crippen LogP contribution in [0, 0.1) is 5.92 Å². The molecular formula is C15H21NOS2. The van der Waals surface area contributed by atoms with Crippen LogP contribution in [0.1, 0.15) is 5.56 Å². The fourth-order valence-corrected chi connectivity index (χ4v) is 5.06. The zero-order chi connectivity index (χ0) is 12.9. The number of hydrogen-bond acceptors (Lipinski definition) is 4. The fraction of sp³-hybridized carbons (Fsp3) is 0.600. The van der Waals surface area contributed by atoms with Crippen LogP contribution in [0.2, 0.25) is 0 Å². The van der Waals surface area contributed by atoms with E-state index in [1.807, 2.05) is 0 Å². The molecule has 1 fully saturated rings. The third-order valence-corrected chi connectivity index (χ3v) is 6.18. The number of rotatable bonds is 3. The Morgan fingerprint density at radius 2 is 1.95 bits per heavy atom. The van der Waals surface area contributed by atoms with E-state index < -0.39 is 0 Å². The first-order chi connectivity index (χ1) is 9.42. The summed E-state index contributed by atoms with van der Waals surface area (Å²) in [4.78, 5) is 0. The van der Waals surface area contributed by atoms with Crippen molar-refractivity contribution in [2.24, 2.45) is 5.92 Å². The Labute approximate surface area is 124 Å². The minimum atomic E-state index is 0.619. The molecule has 0 radical (unpaired) electrons. The third-order valence-electron chi connectivity index (χ3n) is 3.66. The summed E-state index contributed by atoms with van der Waals surface area (Å²) in [5, 5.41) is 3.74. The topological polar surface area (TPSA) is 21.3 Å². The van der Waals surface area contributed by atoms with E-state index in [0.29, 0.717) is 12.0 Å². The zero-order valence-electron chi connectivity index (χ0n) is 11.1. The Morgan fingerprint density at radius 1 is 1.16 bits per heavy atom. The van der Waals surface area contributed by atoms with Gasteiger partial charge in [-0.25, -0.2) is 0 Å². The van der Waals surface area contributed by atoms with Crippen LogP contribution in [0.15, 0.2) is 24.3 Å². The standard InChI is InChI=1S/C15H21NOS2/c1-2-4-15-13(3-1)7-12(9-17-15)8-16-14-10-18-5-6-19-11-14/h1-4,12,14,16H,5-11H2. The Bertz CT molecular complexity index is 405. The summed E-state index contributed by atoms with van der Waals surface area (Å²) in [6.45, 7) is 1.94. The van der Waals surface area contributed by atoms with Crippen LogP contribution in [0.5, 0.6) is 5.75 Å². The van der Waals surface area contributed by atoms with Gasteiger partial charge in [0.05, 0.1) is 6.61 Å². The van der Waals surface area contributed by atoms with Gasteiger partial charge >= 0.3 is 0 Å². The Hall–Kier alpha value is -0.320. The van der Waals surface area contributed by atoms with Gasteiger partial charge in [-0.15, -0.1) is 0 Å². The van der Waals surface area contributed by atoms with Crippen LogP contribution in [0.25, 0.3) is 0 Å². The molecule has 0 aliphatic carbocycles. The van der Waals surface area contributed by atoms with Crippen molar-refractivity contribution >= 4 is 23.5 Å². The van der Waals surface area contributed by atoms with E-state index in [1.165, 1.54) is 28.6 Å². The van der Waals surface area contributed by atoms with Gasteiger partial charge in [0.15, 0.2) is 0 Å². The summed E-state index contributed by atoms with van der Waals surface area (Å²) in [6.07, 6.45) is 1.15. The first-order valence-electron chi connectivity index (χ1n) is 7.01. The van der Waals surface area contributed by atoms with Crippen LogP contribution in [0.3, 0.4) is 0 Å². The molecule has 0 saturated carbocycles. The number of para-hydroxylation sites is 1. The van der Waals surface area contributed by atoms with Crippen molar-refractivity contribution in [3.05, 3.63) is 29.8 Å². The molecule has 0 bridgehead atoms. The van der Waals surface area contributed by atoms with Gasteiger partial charge in [-0.3, -0.25) is 0 Å². The molecule has 19 heavy (non-hydrogen) atoms. The number of fused-ring (bicyclic) bond motifs is 1. The molecule has 104 valence electrons. The van der Waals surface area contributed by atoms with Crippen LogP contribution in [-0.4, -0.2) is 42.2 Å². The molecule has 1 aromatic rings. The lowest BCUT2D eigenvalue weighted by Gasteiger charge is -2.27. The monoisotopic (exact) mass is 295 g/mol. The Morgan fingerprint density at radius 3 is 2.79 bits per heavy atom. The molecule has 1 N–H and O–H groups in total. The number of ether oxygens (including phenoxy) is 1. The minimum absolute atomic E-state index is 0.619. The average Bonchev–Trinajstić information content (AvgIpc) is 2.73. The second-order valence-corrected chi connectivity index (χ2v) is 7.54. The Balaban J connectivity index is 1.49. The van der Waals surface area contributed by atoms with Crippen LogP contribution in [-0.2, 0) is 6.42 Å². The molecule has 0 amide bonds. The van der Waals surface area contributed by atoms with Gasteiger partial charge in [0.1, 0.15) is 5.75 Å². The van der Waals surface area contributed by atoms with Crippen molar-refractivity contribution < 1.29 is 4.74 Å². The lowest BCUT2D eigenvalue weighted by molar-refractivity contribution is 0.216. The molecule has 1 unspecified atom stereocenters. The van der Waals surface area contributed by atoms with Gasteiger partial charge in [0.2, 0.25) is 0 Å². The van der Waals surface area contributed by atoms with Crippen molar-refractivity contribution in [1.29, 1.82) is 0 Å². The van der Waals surface area contributed by atoms with Crippen LogP contribution in [0.4, 0.5) is 0 Å². The first kappa shape index (κ1) is 13.7. The smallest absolute Gasteiger partial charge is 0.122 e. The van der Waals surface area contributed by atoms with Crippen molar-refractivity contribution in [1.82, 2.24) is 5.32 Å². The molecule has 3 rings (SSSR count). The van der Waals surface area contributed by atoms with Gasteiger partial charge in [0.25, 0.3) is 0 Å². The summed E-state index contributed by atoms with van der Waals surface area (Å²) in [6, 6.07) is 9.11. The minimum Gasteiger partial charge on any atom is -0.493 e. The molecule has 0 spiro atoms. The van der Waals surface area contributed by atoms with Crippen molar-refractivity contribution in [2.75, 3.05) is 36.2 Å². The van der Waals surface area contributed by atoms with E-state index >= 15 is 0 Å². The summed E-state index contributed by atoms with van der Waals surface area (Å²) < 4.78 is 5.85. The highest BCUT2D eigenvalue weighted by molar-refractivity contribution is 8.03. The van der Waals surface area contributed by atoms with Crippen LogP contribution >= 0.6 is 23.5 Å². The Kier molecular flexibility index (Phi) is 4.97. The van der Waals surface area contributed by atoms with Gasteiger partial charge in [-0.05, 0) is 18.1 Å². The SMILES string of the molecule is c1ccc2c(c1)CC(CNC1CSCCSC1)CO2. The zero-order valence-corrected chi connectivity index (χ0v) is 12.8. The number of benzene rings is 1.